The molecule has 132 valence electrons. The zero-order valence-electron chi connectivity index (χ0n) is 14.6. The minimum absolute atomic E-state index is 0.00255. The second-order valence-corrected chi connectivity index (χ2v) is 7.17. The van der Waals surface area contributed by atoms with E-state index < -0.39 is 0 Å². The number of aryl methyl sites for hydroxylation is 2. The molecule has 2 aromatic rings. The number of fused-ring (bicyclic) bond motifs is 1. The minimum Gasteiger partial charge on any atom is -0.338 e. The van der Waals surface area contributed by atoms with Crippen molar-refractivity contribution in [2.45, 2.75) is 45.1 Å². The van der Waals surface area contributed by atoms with Gasteiger partial charge in [-0.15, -0.1) is 0 Å². The lowest BCUT2D eigenvalue weighted by Gasteiger charge is -2.20. The van der Waals surface area contributed by atoms with E-state index in [9.17, 15) is 4.79 Å². The van der Waals surface area contributed by atoms with Crippen LogP contribution in [0, 0.1) is 0 Å². The van der Waals surface area contributed by atoms with Gasteiger partial charge in [0.05, 0.1) is 6.04 Å². The molecule has 3 rings (SSSR count). The lowest BCUT2D eigenvalue weighted by molar-refractivity contribution is 0.238. The van der Waals surface area contributed by atoms with Crippen molar-refractivity contribution in [2.75, 3.05) is 6.54 Å². The summed E-state index contributed by atoms with van der Waals surface area (Å²) in [5.74, 6) is 0. The van der Waals surface area contributed by atoms with Crippen LogP contribution in [0.3, 0.4) is 0 Å². The first-order valence-electron chi connectivity index (χ1n) is 9.02. The molecule has 0 saturated carbocycles. The van der Waals surface area contributed by atoms with Gasteiger partial charge in [0, 0.05) is 11.6 Å². The van der Waals surface area contributed by atoms with Gasteiger partial charge in [-0.1, -0.05) is 41.9 Å². The number of benzene rings is 2. The number of halogens is 1. The Labute approximate surface area is 154 Å². The monoisotopic (exact) mass is 356 g/mol. The molecule has 2 amide bonds. The van der Waals surface area contributed by atoms with E-state index in [1.165, 1.54) is 36.0 Å². The molecule has 0 radical (unpaired) electrons. The number of hydrogen-bond acceptors (Lipinski definition) is 1. The van der Waals surface area contributed by atoms with Crippen LogP contribution in [0.4, 0.5) is 4.79 Å². The van der Waals surface area contributed by atoms with Crippen molar-refractivity contribution in [2.24, 2.45) is 0 Å². The maximum atomic E-state index is 12.1. The smallest absolute Gasteiger partial charge is 0.315 e. The lowest BCUT2D eigenvalue weighted by Crippen LogP contribution is -2.38. The van der Waals surface area contributed by atoms with E-state index in [0.717, 1.165) is 23.4 Å². The molecule has 2 N–H and O–H groups in total. The van der Waals surface area contributed by atoms with Gasteiger partial charge in [0.1, 0.15) is 0 Å². The zero-order chi connectivity index (χ0) is 17.6. The van der Waals surface area contributed by atoms with Crippen molar-refractivity contribution in [1.29, 1.82) is 0 Å². The van der Waals surface area contributed by atoms with Crippen molar-refractivity contribution in [3.63, 3.8) is 0 Å². The number of carbonyl (C=O) groups is 1. The highest BCUT2D eigenvalue weighted by Gasteiger charge is 2.13. The zero-order valence-corrected chi connectivity index (χ0v) is 15.4. The Kier molecular flexibility index (Phi) is 5.98. The molecule has 4 heteroatoms. The highest BCUT2D eigenvalue weighted by molar-refractivity contribution is 6.30. The quantitative estimate of drug-likeness (QED) is 0.792. The van der Waals surface area contributed by atoms with E-state index in [1.807, 2.05) is 31.2 Å². The molecule has 2 aromatic carbocycles. The molecular formula is C21H25ClN2O. The van der Waals surface area contributed by atoms with Crippen LogP contribution in [-0.2, 0) is 19.3 Å². The summed E-state index contributed by atoms with van der Waals surface area (Å²) >= 11 is 5.88. The summed E-state index contributed by atoms with van der Waals surface area (Å²) in [6, 6.07) is 14.2. The third-order valence-electron chi connectivity index (χ3n) is 4.83. The molecular weight excluding hydrogens is 332 g/mol. The summed E-state index contributed by atoms with van der Waals surface area (Å²) in [6.07, 6.45) is 5.68. The molecule has 1 aliphatic rings. The second kappa shape index (κ2) is 8.39. The summed E-state index contributed by atoms with van der Waals surface area (Å²) in [5.41, 5.74) is 5.25. The maximum Gasteiger partial charge on any atom is 0.315 e. The average molecular weight is 357 g/mol. The van der Waals surface area contributed by atoms with Gasteiger partial charge in [-0.2, -0.15) is 0 Å². The van der Waals surface area contributed by atoms with Crippen LogP contribution in [0.25, 0.3) is 0 Å². The van der Waals surface area contributed by atoms with E-state index in [4.69, 9.17) is 11.6 Å². The lowest BCUT2D eigenvalue weighted by atomic mass is 9.89. The molecule has 25 heavy (non-hydrogen) atoms. The predicted molar refractivity (Wildman–Crippen MR) is 103 cm³/mol. The number of carbonyl (C=O) groups excluding carboxylic acids is 1. The van der Waals surface area contributed by atoms with Gasteiger partial charge in [-0.25, -0.2) is 4.79 Å². The molecule has 1 aliphatic carbocycles. The van der Waals surface area contributed by atoms with Gasteiger partial charge in [0.15, 0.2) is 0 Å². The van der Waals surface area contributed by atoms with Gasteiger partial charge in [0.25, 0.3) is 0 Å². The molecule has 0 aromatic heterocycles. The maximum absolute atomic E-state index is 12.1. The van der Waals surface area contributed by atoms with Crippen molar-refractivity contribution in [3.05, 3.63) is 69.7 Å². The first-order chi connectivity index (χ1) is 12.1. The number of urea groups is 1. The van der Waals surface area contributed by atoms with Gasteiger partial charge in [0.2, 0.25) is 0 Å². The summed E-state index contributed by atoms with van der Waals surface area (Å²) in [4.78, 5) is 12.1. The molecule has 0 fully saturated rings. The Morgan fingerprint density at radius 2 is 1.80 bits per heavy atom. The van der Waals surface area contributed by atoms with Crippen LogP contribution in [-0.4, -0.2) is 12.6 Å². The normalized spacial score (nSPS) is 14.5. The van der Waals surface area contributed by atoms with E-state index in [0.29, 0.717) is 6.54 Å². The first-order valence-corrected chi connectivity index (χ1v) is 9.40. The third kappa shape index (κ3) is 4.99. The minimum atomic E-state index is -0.126. The number of hydrogen-bond donors (Lipinski definition) is 2. The molecule has 1 unspecified atom stereocenters. The summed E-state index contributed by atoms with van der Waals surface area (Å²) < 4.78 is 0. The van der Waals surface area contributed by atoms with Crippen molar-refractivity contribution >= 4 is 17.6 Å². The topological polar surface area (TPSA) is 41.1 Å². The van der Waals surface area contributed by atoms with Crippen molar-refractivity contribution < 1.29 is 4.79 Å². The largest absolute Gasteiger partial charge is 0.338 e. The summed E-state index contributed by atoms with van der Waals surface area (Å²) in [7, 11) is 0. The first kappa shape index (κ1) is 17.8. The Morgan fingerprint density at radius 1 is 1.08 bits per heavy atom. The van der Waals surface area contributed by atoms with Crippen LogP contribution in [0.1, 0.15) is 48.1 Å². The highest BCUT2D eigenvalue weighted by Crippen LogP contribution is 2.24. The van der Waals surface area contributed by atoms with E-state index in [2.05, 4.69) is 28.8 Å². The van der Waals surface area contributed by atoms with Gasteiger partial charge in [-0.3, -0.25) is 0 Å². The fourth-order valence-electron chi connectivity index (χ4n) is 3.33. The fourth-order valence-corrected chi connectivity index (χ4v) is 3.45. The average Bonchev–Trinajstić information content (AvgIpc) is 2.63. The number of amides is 2. The van der Waals surface area contributed by atoms with Crippen molar-refractivity contribution in [3.8, 4) is 0 Å². The highest BCUT2D eigenvalue weighted by atomic mass is 35.5. The third-order valence-corrected chi connectivity index (χ3v) is 5.08. The Morgan fingerprint density at radius 3 is 2.56 bits per heavy atom. The van der Waals surface area contributed by atoms with Crippen molar-refractivity contribution in [1.82, 2.24) is 10.6 Å². The predicted octanol–water partition coefficient (Wildman–Crippen LogP) is 4.82. The molecule has 3 nitrogen and oxygen atoms in total. The Hall–Kier alpha value is -2.00. The molecule has 0 saturated heterocycles. The Balaban J connectivity index is 1.48. The number of nitrogens with one attached hydrogen (secondary N) is 2. The SMILES string of the molecule is CC(NC(=O)NCCc1ccc(Cl)cc1)c1ccc2c(c1)CCCC2. The van der Waals surface area contributed by atoms with Gasteiger partial charge >= 0.3 is 6.03 Å². The van der Waals surface area contributed by atoms with Gasteiger partial charge in [-0.05, 0) is 73.4 Å². The summed E-state index contributed by atoms with van der Waals surface area (Å²) in [5, 5.41) is 6.68. The van der Waals surface area contributed by atoms with E-state index >= 15 is 0 Å². The van der Waals surface area contributed by atoms with Crippen LogP contribution in [0.5, 0.6) is 0 Å². The molecule has 0 aliphatic heterocycles. The fraction of sp³-hybridized carbons (Fsp3) is 0.381. The van der Waals surface area contributed by atoms with Crippen LogP contribution < -0.4 is 10.6 Å². The van der Waals surface area contributed by atoms with Crippen LogP contribution >= 0.6 is 11.6 Å². The van der Waals surface area contributed by atoms with Crippen LogP contribution in [0.15, 0.2) is 42.5 Å². The van der Waals surface area contributed by atoms with Crippen LogP contribution in [0.2, 0.25) is 5.02 Å². The second-order valence-electron chi connectivity index (χ2n) is 6.73. The molecule has 0 heterocycles. The standard InChI is InChI=1S/C21H25ClN2O/c1-15(18-9-8-17-4-2-3-5-19(17)14-18)24-21(25)23-13-12-16-6-10-20(22)11-7-16/h6-11,14-15H,2-5,12-13H2,1H3,(H2,23,24,25). The van der Waals surface area contributed by atoms with E-state index in [1.54, 1.807) is 0 Å². The summed E-state index contributed by atoms with van der Waals surface area (Å²) in [6.45, 7) is 2.63. The molecule has 0 bridgehead atoms. The number of rotatable bonds is 5. The molecule has 1 atom stereocenters. The van der Waals surface area contributed by atoms with E-state index in [-0.39, 0.29) is 12.1 Å². The Bertz CT molecular complexity index is 727. The van der Waals surface area contributed by atoms with Gasteiger partial charge < -0.3 is 10.6 Å². The molecule has 0 spiro atoms.